The second-order valence-electron chi connectivity index (χ2n) is 8.72. The third-order valence-electron chi connectivity index (χ3n) is 6.07. The Bertz CT molecular complexity index is 1040. The van der Waals surface area contributed by atoms with Crippen molar-refractivity contribution in [2.45, 2.75) is 51.0 Å². The van der Waals surface area contributed by atoms with Crippen molar-refractivity contribution in [3.63, 3.8) is 0 Å². The van der Waals surface area contributed by atoms with Crippen molar-refractivity contribution in [2.75, 3.05) is 19.0 Å². The van der Waals surface area contributed by atoms with E-state index in [2.05, 4.69) is 15.5 Å². The Morgan fingerprint density at radius 1 is 1.18 bits per heavy atom. The lowest BCUT2D eigenvalue weighted by Crippen LogP contribution is -2.34. The highest BCUT2D eigenvalue weighted by atomic mass is 35.5. The Balaban J connectivity index is 1.43. The van der Waals surface area contributed by atoms with Gasteiger partial charge >= 0.3 is 0 Å². The monoisotopic (exact) mass is 491 g/mol. The molecule has 1 unspecified atom stereocenters. The fourth-order valence-electron chi connectivity index (χ4n) is 4.23. The molecule has 0 radical (unpaired) electrons. The molecule has 1 N–H and O–H groups in total. The number of oxime groups is 1. The van der Waals surface area contributed by atoms with E-state index in [9.17, 15) is 4.79 Å². The van der Waals surface area contributed by atoms with E-state index in [4.69, 9.17) is 37.5 Å². The third kappa shape index (κ3) is 5.53. The Morgan fingerprint density at radius 3 is 2.61 bits per heavy atom. The number of aromatic nitrogens is 1. The van der Waals surface area contributed by atoms with Crippen molar-refractivity contribution in [3.8, 4) is 11.5 Å². The van der Waals surface area contributed by atoms with Crippen LogP contribution in [0, 0.1) is 5.92 Å². The molecule has 1 saturated carbocycles. The summed E-state index contributed by atoms with van der Waals surface area (Å²) in [6.45, 7) is 2.26. The van der Waals surface area contributed by atoms with Crippen LogP contribution in [-0.4, -0.2) is 35.9 Å². The van der Waals surface area contributed by atoms with Crippen LogP contribution >= 0.6 is 23.2 Å². The number of pyridine rings is 1. The molecule has 1 aliphatic carbocycles. The van der Waals surface area contributed by atoms with Crippen molar-refractivity contribution in [2.24, 2.45) is 11.1 Å². The SMILES string of the molecule is COc1ccc(C(=O)Nc2c(Cl)cncc2Cl)cc1OCC1(C)CC(C2CCCCC2)=NO1. The summed E-state index contributed by atoms with van der Waals surface area (Å²) in [5.74, 6) is 1.08. The van der Waals surface area contributed by atoms with Gasteiger partial charge in [0.1, 0.15) is 6.61 Å². The summed E-state index contributed by atoms with van der Waals surface area (Å²) in [6.07, 6.45) is 9.71. The number of nitrogens with zero attached hydrogens (tertiary/aromatic N) is 2. The topological polar surface area (TPSA) is 82.0 Å². The fraction of sp³-hybridized carbons (Fsp3) is 0.458. The highest BCUT2D eigenvalue weighted by Crippen LogP contribution is 2.36. The summed E-state index contributed by atoms with van der Waals surface area (Å²) < 4.78 is 11.5. The van der Waals surface area contributed by atoms with E-state index in [1.807, 2.05) is 6.92 Å². The number of anilines is 1. The van der Waals surface area contributed by atoms with Gasteiger partial charge in [0.05, 0.1) is 28.6 Å². The molecule has 33 heavy (non-hydrogen) atoms. The van der Waals surface area contributed by atoms with Gasteiger partial charge in [0, 0.05) is 30.3 Å². The summed E-state index contributed by atoms with van der Waals surface area (Å²) in [6, 6.07) is 4.95. The molecule has 1 amide bonds. The number of carbonyl (C=O) groups excluding carboxylic acids is 1. The first kappa shape index (κ1) is 23.6. The lowest BCUT2D eigenvalue weighted by Gasteiger charge is -2.24. The molecule has 4 rings (SSSR count). The zero-order chi connectivity index (χ0) is 23.4. The molecule has 176 valence electrons. The second-order valence-corrected chi connectivity index (χ2v) is 9.54. The molecule has 0 bridgehead atoms. The van der Waals surface area contributed by atoms with Gasteiger partial charge < -0.3 is 19.6 Å². The van der Waals surface area contributed by atoms with Crippen LogP contribution < -0.4 is 14.8 Å². The van der Waals surface area contributed by atoms with Gasteiger partial charge in [0.2, 0.25) is 0 Å². The number of methoxy groups -OCH3 is 1. The van der Waals surface area contributed by atoms with E-state index in [1.165, 1.54) is 44.5 Å². The molecule has 1 aromatic carbocycles. The number of carbonyl (C=O) groups is 1. The van der Waals surface area contributed by atoms with Crippen molar-refractivity contribution in [1.82, 2.24) is 4.98 Å². The number of nitrogens with one attached hydrogen (secondary N) is 1. The predicted molar refractivity (Wildman–Crippen MR) is 129 cm³/mol. The van der Waals surface area contributed by atoms with E-state index < -0.39 is 5.60 Å². The highest BCUT2D eigenvalue weighted by molar-refractivity contribution is 6.39. The number of hydrogen-bond donors (Lipinski definition) is 1. The first-order chi connectivity index (χ1) is 15.9. The van der Waals surface area contributed by atoms with Crippen LogP contribution in [0.15, 0.2) is 35.7 Å². The lowest BCUT2D eigenvalue weighted by molar-refractivity contribution is -0.0361. The number of rotatable bonds is 7. The van der Waals surface area contributed by atoms with Gasteiger partial charge in [-0.1, -0.05) is 47.6 Å². The minimum atomic E-state index is -0.561. The Kier molecular flexibility index (Phi) is 7.29. The second kappa shape index (κ2) is 10.2. The molecule has 7 nitrogen and oxygen atoms in total. The van der Waals surface area contributed by atoms with Gasteiger partial charge in [-0.3, -0.25) is 9.78 Å². The largest absolute Gasteiger partial charge is 0.493 e. The number of halogens is 2. The molecular weight excluding hydrogens is 465 g/mol. The average Bonchev–Trinajstić information content (AvgIpc) is 3.23. The molecule has 1 aliphatic heterocycles. The van der Waals surface area contributed by atoms with Crippen LogP contribution in [0.1, 0.15) is 55.8 Å². The molecular formula is C24H27Cl2N3O4. The van der Waals surface area contributed by atoms with Crippen molar-refractivity contribution in [3.05, 3.63) is 46.2 Å². The number of benzene rings is 1. The fourth-order valence-corrected chi connectivity index (χ4v) is 4.69. The molecule has 1 atom stereocenters. The van der Waals surface area contributed by atoms with Crippen LogP contribution in [-0.2, 0) is 4.84 Å². The Hall–Kier alpha value is -2.51. The van der Waals surface area contributed by atoms with E-state index in [0.717, 1.165) is 12.1 Å². The maximum Gasteiger partial charge on any atom is 0.255 e. The molecule has 1 fully saturated rings. The summed E-state index contributed by atoms with van der Waals surface area (Å²) in [5, 5.41) is 7.61. The van der Waals surface area contributed by atoms with Crippen LogP contribution in [0.25, 0.3) is 0 Å². The molecule has 2 aromatic rings. The van der Waals surface area contributed by atoms with Gasteiger partial charge in [-0.2, -0.15) is 0 Å². The first-order valence-electron chi connectivity index (χ1n) is 11.0. The normalized spacial score (nSPS) is 20.7. The van der Waals surface area contributed by atoms with Crippen LogP contribution in [0.3, 0.4) is 0 Å². The summed E-state index contributed by atoms with van der Waals surface area (Å²) >= 11 is 12.2. The summed E-state index contributed by atoms with van der Waals surface area (Å²) in [4.78, 5) is 22.5. The molecule has 2 aliphatic rings. The Labute approximate surface area is 203 Å². The zero-order valence-corrected chi connectivity index (χ0v) is 20.2. The average molecular weight is 492 g/mol. The van der Waals surface area contributed by atoms with Crippen molar-refractivity contribution in [1.29, 1.82) is 0 Å². The maximum absolute atomic E-state index is 12.8. The van der Waals surface area contributed by atoms with Crippen LogP contribution in [0.5, 0.6) is 11.5 Å². The van der Waals surface area contributed by atoms with Gasteiger partial charge in [-0.05, 0) is 38.0 Å². The smallest absolute Gasteiger partial charge is 0.255 e. The van der Waals surface area contributed by atoms with Crippen LogP contribution in [0.2, 0.25) is 10.0 Å². The van der Waals surface area contributed by atoms with Crippen molar-refractivity contribution >= 4 is 40.5 Å². The Morgan fingerprint density at radius 2 is 1.91 bits per heavy atom. The summed E-state index contributed by atoms with van der Waals surface area (Å²) in [5.41, 5.74) is 1.24. The number of amides is 1. The van der Waals surface area contributed by atoms with E-state index in [-0.39, 0.29) is 22.6 Å². The minimum Gasteiger partial charge on any atom is -0.493 e. The molecule has 1 aromatic heterocycles. The van der Waals surface area contributed by atoms with Gasteiger partial charge in [-0.25, -0.2) is 0 Å². The standard InChI is InChI=1S/C24H27Cl2N3O4/c1-24(11-19(29-33-24)15-6-4-3-5-7-15)14-32-21-10-16(8-9-20(21)31-2)23(30)28-22-17(25)12-27-13-18(22)26/h8-10,12-13,15H,3-7,11,14H2,1-2H3,(H,27,28,30). The third-order valence-corrected chi connectivity index (χ3v) is 6.64. The number of ether oxygens (including phenoxy) is 2. The van der Waals surface area contributed by atoms with E-state index in [1.54, 1.807) is 25.3 Å². The first-order valence-corrected chi connectivity index (χ1v) is 11.8. The lowest BCUT2D eigenvalue weighted by atomic mass is 9.82. The minimum absolute atomic E-state index is 0.251. The maximum atomic E-state index is 12.8. The van der Waals surface area contributed by atoms with Gasteiger partial charge in [0.25, 0.3) is 5.91 Å². The van der Waals surface area contributed by atoms with Gasteiger partial charge in [0.15, 0.2) is 17.1 Å². The zero-order valence-electron chi connectivity index (χ0n) is 18.7. The summed E-state index contributed by atoms with van der Waals surface area (Å²) in [7, 11) is 1.55. The quantitative estimate of drug-likeness (QED) is 0.502. The van der Waals surface area contributed by atoms with E-state index in [0.29, 0.717) is 28.7 Å². The molecule has 2 heterocycles. The molecule has 0 spiro atoms. The molecule has 0 saturated heterocycles. The van der Waals surface area contributed by atoms with Crippen molar-refractivity contribution < 1.29 is 19.1 Å². The van der Waals surface area contributed by atoms with Crippen LogP contribution in [0.4, 0.5) is 5.69 Å². The highest BCUT2D eigenvalue weighted by Gasteiger charge is 2.38. The number of hydrogen-bond acceptors (Lipinski definition) is 6. The predicted octanol–water partition coefficient (Wildman–Crippen LogP) is 6.14. The van der Waals surface area contributed by atoms with E-state index >= 15 is 0 Å². The van der Waals surface area contributed by atoms with Gasteiger partial charge in [-0.15, -0.1) is 0 Å². The molecule has 9 heteroatoms.